The lowest BCUT2D eigenvalue weighted by Crippen LogP contribution is -2.11. The van der Waals surface area contributed by atoms with Crippen molar-refractivity contribution < 1.29 is 4.39 Å². The lowest BCUT2D eigenvalue weighted by molar-refractivity contribution is 0.441. The van der Waals surface area contributed by atoms with Crippen LogP contribution in [0, 0.1) is 22.6 Å². The minimum Gasteiger partial charge on any atom is -0.385 e. The summed E-state index contributed by atoms with van der Waals surface area (Å²) >= 11 is 0. The first-order valence-corrected chi connectivity index (χ1v) is 5.44. The molecule has 0 amide bonds. The molecule has 2 nitrogen and oxygen atoms in total. The Balaban J connectivity index is 2.29. The van der Waals surface area contributed by atoms with Crippen LogP contribution >= 0.6 is 0 Å². The summed E-state index contributed by atoms with van der Waals surface area (Å²) in [6.07, 6.45) is 1.74. The fraction of sp³-hybridized carbons (Fsp3) is 0.462. The molecule has 0 aliphatic heterocycles. The molecule has 1 N–H and O–H groups in total. The Morgan fingerprint density at radius 2 is 2.19 bits per heavy atom. The third-order valence-corrected chi connectivity index (χ3v) is 2.43. The molecule has 3 heteroatoms. The van der Waals surface area contributed by atoms with E-state index in [4.69, 9.17) is 5.26 Å². The van der Waals surface area contributed by atoms with E-state index in [0.717, 1.165) is 25.1 Å². The van der Waals surface area contributed by atoms with Crippen LogP contribution in [0.25, 0.3) is 0 Å². The summed E-state index contributed by atoms with van der Waals surface area (Å²) in [6, 6.07) is 8.66. The van der Waals surface area contributed by atoms with E-state index < -0.39 is 0 Å². The molecule has 0 fully saturated rings. The van der Waals surface area contributed by atoms with Gasteiger partial charge >= 0.3 is 0 Å². The Morgan fingerprint density at radius 1 is 1.44 bits per heavy atom. The standard InChI is InChI=1S/C13H17FN2/c1-13(2,10-15)7-4-8-16-12-6-3-5-11(14)9-12/h3,5-6,9,16H,4,7-8H2,1-2H3. The Hall–Kier alpha value is -1.56. The highest BCUT2D eigenvalue weighted by atomic mass is 19.1. The van der Waals surface area contributed by atoms with Gasteiger partial charge in [-0.25, -0.2) is 4.39 Å². The van der Waals surface area contributed by atoms with Gasteiger partial charge in [0.05, 0.1) is 11.5 Å². The molecule has 0 heterocycles. The average Bonchev–Trinajstić information content (AvgIpc) is 2.25. The van der Waals surface area contributed by atoms with Crippen molar-refractivity contribution >= 4 is 5.69 Å². The van der Waals surface area contributed by atoms with Crippen LogP contribution < -0.4 is 5.32 Å². The topological polar surface area (TPSA) is 35.8 Å². The fourth-order valence-corrected chi connectivity index (χ4v) is 1.42. The Kier molecular flexibility index (Phi) is 4.30. The molecule has 86 valence electrons. The van der Waals surface area contributed by atoms with E-state index in [1.165, 1.54) is 12.1 Å². The van der Waals surface area contributed by atoms with Crippen molar-refractivity contribution in [2.45, 2.75) is 26.7 Å². The molecule has 0 aliphatic rings. The normalized spacial score (nSPS) is 10.9. The van der Waals surface area contributed by atoms with Crippen molar-refractivity contribution in [2.24, 2.45) is 5.41 Å². The predicted molar refractivity (Wildman–Crippen MR) is 63.5 cm³/mol. The zero-order valence-electron chi connectivity index (χ0n) is 9.76. The molecular weight excluding hydrogens is 203 g/mol. The third-order valence-electron chi connectivity index (χ3n) is 2.43. The number of benzene rings is 1. The number of nitrogens with one attached hydrogen (secondary N) is 1. The van der Waals surface area contributed by atoms with Gasteiger partial charge in [0.1, 0.15) is 5.82 Å². The summed E-state index contributed by atoms with van der Waals surface area (Å²) in [5.41, 5.74) is 0.513. The molecule has 1 rings (SSSR count). The second-order valence-electron chi connectivity index (χ2n) is 4.54. The maximum absolute atomic E-state index is 12.8. The zero-order valence-corrected chi connectivity index (χ0v) is 9.76. The van der Waals surface area contributed by atoms with Gasteiger partial charge in [-0.05, 0) is 44.9 Å². The highest BCUT2D eigenvalue weighted by molar-refractivity contribution is 5.42. The number of hydrogen-bond donors (Lipinski definition) is 1. The van der Waals surface area contributed by atoms with E-state index in [0.29, 0.717) is 0 Å². The number of nitrogens with zero attached hydrogens (tertiary/aromatic N) is 1. The lowest BCUT2D eigenvalue weighted by Gasteiger charge is -2.14. The molecule has 1 aromatic rings. The number of halogens is 1. The summed E-state index contributed by atoms with van der Waals surface area (Å²) in [7, 11) is 0. The largest absolute Gasteiger partial charge is 0.385 e. The molecule has 0 saturated carbocycles. The van der Waals surface area contributed by atoms with Crippen LogP contribution in [0.3, 0.4) is 0 Å². The number of nitriles is 1. The second kappa shape index (κ2) is 5.50. The van der Waals surface area contributed by atoms with Gasteiger partial charge in [-0.15, -0.1) is 0 Å². The van der Waals surface area contributed by atoms with E-state index >= 15 is 0 Å². The summed E-state index contributed by atoms with van der Waals surface area (Å²) < 4.78 is 12.8. The van der Waals surface area contributed by atoms with E-state index in [9.17, 15) is 4.39 Å². The van der Waals surface area contributed by atoms with Crippen molar-refractivity contribution in [3.63, 3.8) is 0 Å². The van der Waals surface area contributed by atoms with Crippen LogP contribution in [0.1, 0.15) is 26.7 Å². The predicted octanol–water partition coefficient (Wildman–Crippen LogP) is 3.57. The highest BCUT2D eigenvalue weighted by Gasteiger charge is 2.15. The summed E-state index contributed by atoms with van der Waals surface area (Å²) in [5.74, 6) is -0.234. The smallest absolute Gasteiger partial charge is 0.125 e. The van der Waals surface area contributed by atoms with E-state index in [1.54, 1.807) is 6.07 Å². The molecular formula is C13H17FN2. The van der Waals surface area contributed by atoms with E-state index in [1.807, 2.05) is 19.9 Å². The van der Waals surface area contributed by atoms with Gasteiger partial charge in [0.25, 0.3) is 0 Å². The first-order chi connectivity index (χ1) is 7.53. The third kappa shape index (κ3) is 4.31. The molecule has 0 unspecified atom stereocenters. The molecule has 0 spiro atoms. The maximum atomic E-state index is 12.8. The minimum absolute atomic E-state index is 0.234. The van der Waals surface area contributed by atoms with E-state index in [-0.39, 0.29) is 11.2 Å². The summed E-state index contributed by atoms with van der Waals surface area (Å²) in [5, 5.41) is 12.0. The van der Waals surface area contributed by atoms with Crippen molar-refractivity contribution in [1.82, 2.24) is 0 Å². The molecule has 0 atom stereocenters. The molecule has 1 aromatic carbocycles. The quantitative estimate of drug-likeness (QED) is 0.770. The van der Waals surface area contributed by atoms with Crippen molar-refractivity contribution in [1.29, 1.82) is 5.26 Å². The SMILES string of the molecule is CC(C)(C#N)CCCNc1cccc(F)c1. The molecule has 0 radical (unpaired) electrons. The molecule has 0 aromatic heterocycles. The Labute approximate surface area is 96.1 Å². The van der Waals surface area contributed by atoms with Crippen LogP contribution in [0.5, 0.6) is 0 Å². The summed E-state index contributed by atoms with van der Waals surface area (Å²) in [6.45, 7) is 4.61. The Bertz CT molecular complexity index is 380. The number of rotatable bonds is 5. The van der Waals surface area contributed by atoms with Gasteiger partial charge in [0.15, 0.2) is 0 Å². The van der Waals surface area contributed by atoms with Crippen molar-refractivity contribution in [3.05, 3.63) is 30.1 Å². The van der Waals surface area contributed by atoms with Crippen LogP contribution in [0.4, 0.5) is 10.1 Å². The Morgan fingerprint density at radius 3 is 2.81 bits per heavy atom. The monoisotopic (exact) mass is 220 g/mol. The maximum Gasteiger partial charge on any atom is 0.125 e. The van der Waals surface area contributed by atoms with Gasteiger partial charge < -0.3 is 5.32 Å². The van der Waals surface area contributed by atoms with Gasteiger partial charge in [-0.1, -0.05) is 6.07 Å². The van der Waals surface area contributed by atoms with Gasteiger partial charge in [-0.3, -0.25) is 0 Å². The number of hydrogen-bond acceptors (Lipinski definition) is 2. The van der Waals surface area contributed by atoms with Gasteiger partial charge in [-0.2, -0.15) is 5.26 Å². The second-order valence-corrected chi connectivity index (χ2v) is 4.54. The van der Waals surface area contributed by atoms with Gasteiger partial charge in [0, 0.05) is 12.2 Å². The average molecular weight is 220 g/mol. The minimum atomic E-state index is -0.274. The summed E-state index contributed by atoms with van der Waals surface area (Å²) in [4.78, 5) is 0. The molecule has 0 saturated heterocycles. The first kappa shape index (κ1) is 12.5. The van der Waals surface area contributed by atoms with Crippen molar-refractivity contribution in [2.75, 3.05) is 11.9 Å². The number of anilines is 1. The van der Waals surface area contributed by atoms with Crippen LogP contribution in [-0.2, 0) is 0 Å². The first-order valence-electron chi connectivity index (χ1n) is 5.44. The van der Waals surface area contributed by atoms with Crippen molar-refractivity contribution in [3.8, 4) is 6.07 Å². The van der Waals surface area contributed by atoms with Crippen LogP contribution in [0.2, 0.25) is 0 Å². The fourth-order valence-electron chi connectivity index (χ4n) is 1.42. The van der Waals surface area contributed by atoms with Crippen LogP contribution in [0.15, 0.2) is 24.3 Å². The van der Waals surface area contributed by atoms with Gasteiger partial charge in [0.2, 0.25) is 0 Å². The van der Waals surface area contributed by atoms with E-state index in [2.05, 4.69) is 11.4 Å². The molecule has 16 heavy (non-hydrogen) atoms. The molecule has 0 aliphatic carbocycles. The lowest BCUT2D eigenvalue weighted by atomic mass is 9.90. The van der Waals surface area contributed by atoms with Crippen LogP contribution in [-0.4, -0.2) is 6.54 Å². The zero-order chi connectivity index (χ0) is 12.0. The highest BCUT2D eigenvalue weighted by Crippen LogP contribution is 2.20. The molecule has 0 bridgehead atoms.